The van der Waals surface area contributed by atoms with Crippen molar-refractivity contribution in [3.8, 4) is 0 Å². The summed E-state index contributed by atoms with van der Waals surface area (Å²) in [7, 11) is 0.954. The Morgan fingerprint density at radius 1 is 1.17 bits per heavy atom. The molecule has 38 valence electrons. The number of rotatable bonds is 1. The Balaban J connectivity index is 3.17. The van der Waals surface area contributed by atoms with E-state index in [1.165, 1.54) is 0 Å². The van der Waals surface area contributed by atoms with E-state index in [0.717, 1.165) is 0 Å². The van der Waals surface area contributed by atoms with E-state index in [1.807, 2.05) is 0 Å². The van der Waals surface area contributed by atoms with E-state index in [-0.39, 0.29) is 0 Å². The SMILES string of the molecule is C[P-][Si](C)(C)C. The molecule has 0 spiro atoms. The first-order valence-electron chi connectivity index (χ1n) is 2.17. The zero-order valence-electron chi connectivity index (χ0n) is 4.95. The molecule has 6 heavy (non-hydrogen) atoms. The zero-order chi connectivity index (χ0) is 5.21. The maximum absolute atomic E-state index is 2.37. The van der Waals surface area contributed by atoms with Crippen LogP contribution in [0.25, 0.3) is 0 Å². The molecule has 0 radical (unpaired) electrons. The lowest BCUT2D eigenvalue weighted by Crippen LogP contribution is -2.09. The van der Waals surface area contributed by atoms with Crippen molar-refractivity contribution in [1.82, 2.24) is 0 Å². The molecule has 0 aliphatic heterocycles. The normalized spacial score (nSPS) is 14.0. The van der Waals surface area contributed by atoms with Crippen LogP contribution in [0.4, 0.5) is 0 Å². The van der Waals surface area contributed by atoms with Gasteiger partial charge in [0.1, 0.15) is 0 Å². The summed E-state index contributed by atoms with van der Waals surface area (Å²) >= 11 is 0. The molecule has 0 N–H and O–H groups in total. The average Bonchev–Trinajstić information content (AvgIpc) is 1.35. The van der Waals surface area contributed by atoms with Crippen LogP contribution in [0.1, 0.15) is 0 Å². The largest absolute Gasteiger partial charge is 0.544 e. The van der Waals surface area contributed by atoms with Gasteiger partial charge in [-0.15, -0.1) is 7.74 Å². The van der Waals surface area contributed by atoms with Gasteiger partial charge in [0.05, 0.1) is 0 Å². The number of hydrogen-bond donors (Lipinski definition) is 0. The zero-order valence-corrected chi connectivity index (χ0v) is 6.84. The Bertz CT molecular complexity index is 37.3. The summed E-state index contributed by atoms with van der Waals surface area (Å²) in [4.78, 5) is 0. The Morgan fingerprint density at radius 2 is 1.33 bits per heavy atom. The van der Waals surface area contributed by atoms with Crippen molar-refractivity contribution in [1.29, 1.82) is 0 Å². The highest BCUT2D eigenvalue weighted by molar-refractivity contribution is 7.80. The van der Waals surface area contributed by atoms with Crippen LogP contribution in [0.15, 0.2) is 0 Å². The third-order valence-electron chi connectivity index (χ3n) is 0.671. The predicted octanol–water partition coefficient (Wildman–Crippen LogP) is 2.40. The standard InChI is InChI=1S/C4H12PSi/c1-5-6(2,3)4/h1-4H3/q-1. The van der Waals surface area contributed by atoms with E-state index in [9.17, 15) is 0 Å². The molecule has 0 nitrogen and oxygen atoms in total. The van der Waals surface area contributed by atoms with Crippen molar-refractivity contribution >= 4 is 15.9 Å². The van der Waals surface area contributed by atoms with Crippen molar-refractivity contribution in [2.24, 2.45) is 0 Å². The lowest BCUT2D eigenvalue weighted by molar-refractivity contribution is 1.87. The molecule has 0 aromatic rings. The second-order valence-electron chi connectivity index (χ2n) is 2.39. The summed E-state index contributed by atoms with van der Waals surface area (Å²) in [5, 5.41) is 0. The minimum atomic E-state index is -0.659. The first-order chi connectivity index (χ1) is 2.56. The van der Waals surface area contributed by atoms with Gasteiger partial charge in [0.15, 0.2) is 0 Å². The third-order valence-corrected chi connectivity index (χ3v) is 6.04. The van der Waals surface area contributed by atoms with Gasteiger partial charge in [0, 0.05) is 0 Å². The number of hydrogen-bond acceptors (Lipinski definition) is 0. The summed E-state index contributed by atoms with van der Waals surface area (Å²) in [6, 6.07) is 0. The molecule has 0 bridgehead atoms. The Morgan fingerprint density at radius 3 is 1.33 bits per heavy atom. The van der Waals surface area contributed by atoms with Crippen LogP contribution in [0.2, 0.25) is 19.6 Å². The van der Waals surface area contributed by atoms with Gasteiger partial charge >= 0.3 is 0 Å². The molecule has 0 aromatic carbocycles. The van der Waals surface area contributed by atoms with Crippen molar-refractivity contribution in [3.05, 3.63) is 0 Å². The van der Waals surface area contributed by atoms with E-state index in [4.69, 9.17) is 0 Å². The van der Waals surface area contributed by atoms with Crippen LogP contribution in [0, 0.1) is 0 Å². The van der Waals surface area contributed by atoms with Crippen LogP contribution < -0.4 is 0 Å². The first kappa shape index (κ1) is 6.65. The van der Waals surface area contributed by atoms with Gasteiger partial charge in [-0.25, -0.2) is 0 Å². The highest BCUT2D eigenvalue weighted by Crippen LogP contribution is 2.21. The van der Waals surface area contributed by atoms with Crippen LogP contribution in [-0.4, -0.2) is 14.4 Å². The van der Waals surface area contributed by atoms with E-state index in [0.29, 0.717) is 0 Å². The quantitative estimate of drug-likeness (QED) is 0.367. The third kappa shape index (κ3) is 4.65. The molecule has 0 amide bonds. The minimum Gasteiger partial charge on any atom is -0.544 e. The van der Waals surface area contributed by atoms with Crippen molar-refractivity contribution in [3.63, 3.8) is 0 Å². The van der Waals surface area contributed by atoms with Crippen LogP contribution >= 0.6 is 8.13 Å². The maximum Gasteiger partial charge on any atom is -0.0937 e. The van der Waals surface area contributed by atoms with Gasteiger partial charge in [0.25, 0.3) is 0 Å². The topological polar surface area (TPSA) is 0 Å². The van der Waals surface area contributed by atoms with E-state index < -0.39 is 7.74 Å². The fourth-order valence-corrected chi connectivity index (χ4v) is 0. The van der Waals surface area contributed by atoms with Crippen molar-refractivity contribution in [2.75, 3.05) is 6.66 Å². The molecule has 2 heteroatoms. The van der Waals surface area contributed by atoms with Gasteiger partial charge in [-0.2, -0.15) is 6.66 Å². The predicted molar refractivity (Wildman–Crippen MR) is 36.2 cm³/mol. The van der Waals surface area contributed by atoms with Gasteiger partial charge in [0.2, 0.25) is 0 Å². The Hall–Kier alpha value is 0.647. The molecule has 0 saturated carbocycles. The fraction of sp³-hybridized carbons (Fsp3) is 1.00. The second-order valence-corrected chi connectivity index (χ2v) is 12.5. The lowest BCUT2D eigenvalue weighted by Gasteiger charge is -2.28. The van der Waals surface area contributed by atoms with Gasteiger partial charge < -0.3 is 8.13 Å². The molecule has 0 fully saturated rings. The molecule has 0 atom stereocenters. The Labute approximate surface area is 43.0 Å². The smallest absolute Gasteiger partial charge is 0.0937 e. The molecular formula is C4H12PSi-. The molecule has 0 aromatic heterocycles. The van der Waals surface area contributed by atoms with E-state index >= 15 is 0 Å². The van der Waals surface area contributed by atoms with Gasteiger partial charge in [-0.1, -0.05) is 19.6 Å². The molecule has 0 rings (SSSR count). The van der Waals surface area contributed by atoms with E-state index in [2.05, 4.69) is 26.3 Å². The monoisotopic (exact) mass is 119 g/mol. The molecule has 0 aliphatic rings. The summed E-state index contributed by atoms with van der Waals surface area (Å²) in [5.74, 6) is 0. The second kappa shape index (κ2) is 2.09. The molecule has 0 unspecified atom stereocenters. The average molecular weight is 119 g/mol. The van der Waals surface area contributed by atoms with Gasteiger partial charge in [-0.05, 0) is 0 Å². The highest BCUT2D eigenvalue weighted by atomic mass is 31.3. The maximum atomic E-state index is 2.37. The minimum absolute atomic E-state index is 0.659. The molecule has 0 saturated heterocycles. The first-order valence-corrected chi connectivity index (χ1v) is 7.85. The summed E-state index contributed by atoms with van der Waals surface area (Å²) in [6.07, 6.45) is 0. The van der Waals surface area contributed by atoms with Crippen molar-refractivity contribution in [2.45, 2.75) is 19.6 Å². The fourth-order valence-electron chi connectivity index (χ4n) is 0. The highest BCUT2D eigenvalue weighted by Gasteiger charge is 1.91. The van der Waals surface area contributed by atoms with E-state index in [1.54, 1.807) is 8.13 Å². The summed E-state index contributed by atoms with van der Waals surface area (Å²) in [5.41, 5.74) is 0. The van der Waals surface area contributed by atoms with Crippen LogP contribution in [-0.2, 0) is 0 Å². The summed E-state index contributed by atoms with van der Waals surface area (Å²) < 4.78 is 0. The molecular weight excluding hydrogens is 107 g/mol. The van der Waals surface area contributed by atoms with Crippen LogP contribution in [0.3, 0.4) is 0 Å². The van der Waals surface area contributed by atoms with Gasteiger partial charge in [-0.3, -0.25) is 0 Å². The molecule has 0 heterocycles. The summed E-state index contributed by atoms with van der Waals surface area (Å²) in [6.45, 7) is 9.35. The Kier molecular flexibility index (Phi) is 2.31. The molecule has 0 aliphatic carbocycles. The van der Waals surface area contributed by atoms with Crippen molar-refractivity contribution < 1.29 is 0 Å². The lowest BCUT2D eigenvalue weighted by atomic mass is 11.8. The van der Waals surface area contributed by atoms with Crippen LogP contribution in [0.5, 0.6) is 0 Å².